The number of aryl methyl sites for hydroxylation is 2. The smallest absolute Gasteiger partial charge is 0.238 e. The molecule has 0 bridgehead atoms. The summed E-state index contributed by atoms with van der Waals surface area (Å²) < 4.78 is 5.71. The van der Waals surface area contributed by atoms with E-state index >= 15 is 0 Å². The Kier molecular flexibility index (Phi) is 7.63. The summed E-state index contributed by atoms with van der Waals surface area (Å²) >= 11 is 1.85. The molecular formula is C26H32N2O2S. The molecule has 0 aliphatic rings. The Morgan fingerprint density at radius 1 is 1.03 bits per heavy atom. The lowest BCUT2D eigenvalue weighted by molar-refractivity contribution is -0.117. The molecule has 2 aromatic carbocycles. The summed E-state index contributed by atoms with van der Waals surface area (Å²) in [6.07, 6.45) is 1.67. The first-order chi connectivity index (χ1) is 14.7. The maximum absolute atomic E-state index is 12.8. The summed E-state index contributed by atoms with van der Waals surface area (Å²) in [5.41, 5.74) is 4.28. The number of anilines is 1. The first kappa shape index (κ1) is 23.2. The highest BCUT2D eigenvalue weighted by atomic mass is 32.2. The number of amides is 1. The number of carbonyl (C=O) groups is 1. The quantitative estimate of drug-likeness (QED) is 0.413. The standard InChI is InChI=1S/C26H32N2O2S/c1-19-8-13-24(20(2)15-19)27-25(29)18-28(17-22-7-6-14-30-22)16-21-9-11-23(12-10-21)31-26(3,4)5/h6-15H,16-18H2,1-5H3,(H,27,29). The summed E-state index contributed by atoms with van der Waals surface area (Å²) in [6, 6.07) is 18.5. The summed E-state index contributed by atoms with van der Waals surface area (Å²) in [7, 11) is 0. The highest BCUT2D eigenvalue weighted by Crippen LogP contribution is 2.31. The van der Waals surface area contributed by atoms with Crippen LogP contribution in [0.1, 0.15) is 43.2 Å². The molecule has 1 amide bonds. The van der Waals surface area contributed by atoms with Crippen molar-refractivity contribution in [1.82, 2.24) is 4.90 Å². The molecule has 4 nitrogen and oxygen atoms in total. The Morgan fingerprint density at radius 3 is 2.39 bits per heavy atom. The van der Waals surface area contributed by atoms with E-state index in [9.17, 15) is 4.79 Å². The van der Waals surface area contributed by atoms with Crippen molar-refractivity contribution in [2.45, 2.75) is 57.4 Å². The van der Waals surface area contributed by atoms with Gasteiger partial charge in [-0.3, -0.25) is 9.69 Å². The monoisotopic (exact) mass is 436 g/mol. The van der Waals surface area contributed by atoms with E-state index in [1.54, 1.807) is 6.26 Å². The van der Waals surface area contributed by atoms with Crippen LogP contribution in [0.4, 0.5) is 5.69 Å². The van der Waals surface area contributed by atoms with Crippen LogP contribution in [0.3, 0.4) is 0 Å². The Balaban J connectivity index is 1.68. The Labute approximate surface area is 190 Å². The van der Waals surface area contributed by atoms with Gasteiger partial charge in [0, 0.05) is 21.9 Å². The Hall–Kier alpha value is -2.50. The number of furan rings is 1. The molecule has 0 unspecified atom stereocenters. The minimum Gasteiger partial charge on any atom is -0.468 e. The van der Waals surface area contributed by atoms with E-state index in [1.165, 1.54) is 16.0 Å². The maximum atomic E-state index is 12.8. The van der Waals surface area contributed by atoms with Crippen LogP contribution in [0, 0.1) is 13.8 Å². The minimum absolute atomic E-state index is 0.0292. The molecule has 164 valence electrons. The summed E-state index contributed by atoms with van der Waals surface area (Å²) in [4.78, 5) is 16.2. The van der Waals surface area contributed by atoms with Gasteiger partial charge in [0.05, 0.1) is 19.4 Å². The van der Waals surface area contributed by atoms with Crippen molar-refractivity contribution in [3.63, 3.8) is 0 Å². The average Bonchev–Trinajstić information content (AvgIpc) is 3.17. The zero-order valence-electron chi connectivity index (χ0n) is 19.1. The van der Waals surface area contributed by atoms with Gasteiger partial charge >= 0.3 is 0 Å². The van der Waals surface area contributed by atoms with Crippen molar-refractivity contribution in [1.29, 1.82) is 0 Å². The third-order valence-corrected chi connectivity index (χ3v) is 5.86. The van der Waals surface area contributed by atoms with E-state index in [1.807, 2.05) is 43.0 Å². The van der Waals surface area contributed by atoms with Gasteiger partial charge in [-0.1, -0.05) is 50.6 Å². The lowest BCUT2D eigenvalue weighted by atomic mass is 10.1. The fourth-order valence-electron chi connectivity index (χ4n) is 3.41. The van der Waals surface area contributed by atoms with Crippen LogP contribution in [-0.2, 0) is 17.9 Å². The molecule has 0 atom stereocenters. The Morgan fingerprint density at radius 2 is 1.77 bits per heavy atom. The van der Waals surface area contributed by atoms with Gasteiger partial charge in [-0.15, -0.1) is 11.8 Å². The lowest BCUT2D eigenvalue weighted by Gasteiger charge is -2.22. The van der Waals surface area contributed by atoms with Crippen LogP contribution in [0.25, 0.3) is 0 Å². The predicted molar refractivity (Wildman–Crippen MR) is 129 cm³/mol. The van der Waals surface area contributed by atoms with E-state index in [4.69, 9.17) is 4.42 Å². The number of benzene rings is 2. The van der Waals surface area contributed by atoms with Crippen molar-refractivity contribution in [3.8, 4) is 0 Å². The van der Waals surface area contributed by atoms with Gasteiger partial charge in [0.15, 0.2) is 0 Å². The van der Waals surface area contributed by atoms with Crippen LogP contribution >= 0.6 is 11.8 Å². The molecule has 0 saturated carbocycles. The van der Waals surface area contributed by atoms with Crippen molar-refractivity contribution < 1.29 is 9.21 Å². The highest BCUT2D eigenvalue weighted by molar-refractivity contribution is 8.00. The number of carbonyl (C=O) groups excluding carboxylic acids is 1. The number of nitrogens with one attached hydrogen (secondary N) is 1. The number of thioether (sulfide) groups is 1. The molecule has 3 aromatic rings. The molecule has 0 aliphatic heterocycles. The number of rotatable bonds is 8. The number of hydrogen-bond acceptors (Lipinski definition) is 4. The largest absolute Gasteiger partial charge is 0.468 e. The zero-order chi connectivity index (χ0) is 22.4. The van der Waals surface area contributed by atoms with E-state index in [0.29, 0.717) is 13.1 Å². The molecule has 0 fully saturated rings. The van der Waals surface area contributed by atoms with E-state index in [0.717, 1.165) is 17.0 Å². The van der Waals surface area contributed by atoms with Crippen LogP contribution in [0.2, 0.25) is 0 Å². The van der Waals surface area contributed by atoms with E-state index in [2.05, 4.69) is 68.2 Å². The molecule has 1 heterocycles. The molecule has 31 heavy (non-hydrogen) atoms. The van der Waals surface area contributed by atoms with Gasteiger partial charge in [-0.05, 0) is 55.3 Å². The van der Waals surface area contributed by atoms with Crippen molar-refractivity contribution in [2.24, 2.45) is 0 Å². The van der Waals surface area contributed by atoms with Crippen molar-refractivity contribution in [3.05, 3.63) is 83.3 Å². The second-order valence-corrected chi connectivity index (χ2v) is 10.8. The van der Waals surface area contributed by atoms with Crippen LogP contribution < -0.4 is 5.32 Å². The molecule has 1 aromatic heterocycles. The number of nitrogens with zero attached hydrogens (tertiary/aromatic N) is 1. The first-order valence-electron chi connectivity index (χ1n) is 10.6. The third-order valence-electron chi connectivity index (χ3n) is 4.74. The fourth-order valence-corrected chi connectivity index (χ4v) is 4.39. The van der Waals surface area contributed by atoms with Gasteiger partial charge in [0.2, 0.25) is 5.91 Å². The van der Waals surface area contributed by atoms with Crippen molar-refractivity contribution >= 4 is 23.4 Å². The summed E-state index contributed by atoms with van der Waals surface area (Å²) in [6.45, 7) is 12.2. The van der Waals surface area contributed by atoms with Crippen LogP contribution in [-0.4, -0.2) is 22.1 Å². The molecule has 1 N–H and O–H groups in total. The predicted octanol–water partition coefficient (Wildman–Crippen LogP) is 6.43. The average molecular weight is 437 g/mol. The second-order valence-electron chi connectivity index (χ2n) is 8.95. The third kappa shape index (κ3) is 7.60. The molecule has 5 heteroatoms. The minimum atomic E-state index is -0.0292. The van der Waals surface area contributed by atoms with E-state index < -0.39 is 0 Å². The molecule has 3 rings (SSSR count). The van der Waals surface area contributed by atoms with Gasteiger partial charge < -0.3 is 9.73 Å². The molecule has 0 radical (unpaired) electrons. The summed E-state index contributed by atoms with van der Waals surface area (Å²) in [5.74, 6) is 0.817. The van der Waals surface area contributed by atoms with E-state index in [-0.39, 0.29) is 17.2 Å². The number of hydrogen-bond donors (Lipinski definition) is 1. The van der Waals surface area contributed by atoms with Gasteiger partial charge in [0.25, 0.3) is 0 Å². The first-order valence-corrected chi connectivity index (χ1v) is 11.4. The van der Waals surface area contributed by atoms with Gasteiger partial charge in [-0.25, -0.2) is 0 Å². The maximum Gasteiger partial charge on any atom is 0.238 e. The lowest BCUT2D eigenvalue weighted by Crippen LogP contribution is -2.32. The summed E-state index contributed by atoms with van der Waals surface area (Å²) in [5, 5.41) is 3.05. The topological polar surface area (TPSA) is 45.5 Å². The molecule has 0 saturated heterocycles. The van der Waals surface area contributed by atoms with Gasteiger partial charge in [-0.2, -0.15) is 0 Å². The molecule has 0 spiro atoms. The van der Waals surface area contributed by atoms with Gasteiger partial charge in [0.1, 0.15) is 5.76 Å². The molecule has 0 aliphatic carbocycles. The van der Waals surface area contributed by atoms with Crippen molar-refractivity contribution in [2.75, 3.05) is 11.9 Å². The highest BCUT2D eigenvalue weighted by Gasteiger charge is 2.16. The fraction of sp³-hybridized carbons (Fsp3) is 0.346. The van der Waals surface area contributed by atoms with Crippen LogP contribution in [0.5, 0.6) is 0 Å². The second kappa shape index (κ2) is 10.2. The SMILES string of the molecule is Cc1ccc(NC(=O)CN(Cc2ccc(SC(C)(C)C)cc2)Cc2ccco2)c(C)c1. The zero-order valence-corrected chi connectivity index (χ0v) is 19.9. The Bertz CT molecular complexity index is 989. The molecular weight excluding hydrogens is 404 g/mol. The van der Waals surface area contributed by atoms with Crippen LogP contribution in [0.15, 0.2) is 70.2 Å². The normalized spacial score (nSPS) is 11.7.